The molecule has 0 spiro atoms. The maximum Gasteiger partial charge on any atom is 0.224 e. The van der Waals surface area contributed by atoms with Crippen LogP contribution >= 0.6 is 0 Å². The number of hydrogen-bond acceptors (Lipinski definition) is 3. The van der Waals surface area contributed by atoms with Gasteiger partial charge in [0.05, 0.1) is 16.9 Å². The first-order valence-electron chi connectivity index (χ1n) is 9.36. The third-order valence-corrected chi connectivity index (χ3v) is 4.72. The number of fused-ring (bicyclic) bond motifs is 1. The number of carbonyl (C=O) groups is 1. The normalized spacial score (nSPS) is 10.9. The minimum absolute atomic E-state index is 0.00543. The molecule has 5 nitrogen and oxygen atoms in total. The zero-order valence-electron chi connectivity index (χ0n) is 16.0. The summed E-state index contributed by atoms with van der Waals surface area (Å²) in [7, 11) is 0. The predicted molar refractivity (Wildman–Crippen MR) is 112 cm³/mol. The molecule has 0 radical (unpaired) electrons. The molecule has 0 aliphatic heterocycles. The number of amides is 1. The van der Waals surface area contributed by atoms with Crippen molar-refractivity contribution < 1.29 is 4.79 Å². The maximum atomic E-state index is 12.3. The summed E-state index contributed by atoms with van der Waals surface area (Å²) in [5.41, 5.74) is 5.98. The Bertz CT molecular complexity index is 1130. The second-order valence-electron chi connectivity index (χ2n) is 6.96. The summed E-state index contributed by atoms with van der Waals surface area (Å²) in [5, 5.41) is 8.49. The number of benzene rings is 2. The molecule has 0 saturated carbocycles. The van der Waals surface area contributed by atoms with Gasteiger partial charge in [0.25, 0.3) is 0 Å². The topological polar surface area (TPSA) is 59.8 Å². The highest BCUT2D eigenvalue weighted by molar-refractivity contribution is 5.93. The van der Waals surface area contributed by atoms with E-state index in [4.69, 9.17) is 0 Å². The molecule has 0 unspecified atom stereocenters. The van der Waals surface area contributed by atoms with Crippen molar-refractivity contribution in [2.45, 2.75) is 26.7 Å². The van der Waals surface area contributed by atoms with Crippen LogP contribution in [0.15, 0.2) is 66.9 Å². The van der Waals surface area contributed by atoms with E-state index in [9.17, 15) is 4.79 Å². The summed E-state index contributed by atoms with van der Waals surface area (Å²) >= 11 is 0. The van der Waals surface area contributed by atoms with E-state index in [1.807, 2.05) is 61.0 Å². The van der Waals surface area contributed by atoms with Gasteiger partial charge in [-0.15, -0.1) is 0 Å². The number of hydrogen-bond donors (Lipinski definition) is 1. The van der Waals surface area contributed by atoms with E-state index in [2.05, 4.69) is 33.6 Å². The van der Waals surface area contributed by atoms with E-state index in [-0.39, 0.29) is 5.91 Å². The second-order valence-corrected chi connectivity index (χ2v) is 6.96. The number of aryl methyl sites for hydroxylation is 3. The van der Waals surface area contributed by atoms with Crippen LogP contribution in [0, 0.1) is 13.8 Å². The number of nitrogens with one attached hydrogen (secondary N) is 1. The standard InChI is InChI=1S/C23H22N4O/c1-16-14-17(2)27(26-16)21-9-5-18(6-10-21)7-12-23(28)25-20-8-11-22-19(15-20)4-3-13-24-22/h3-6,8-11,13-15H,7,12H2,1-2H3,(H,25,28). The Morgan fingerprint density at radius 2 is 1.86 bits per heavy atom. The van der Waals surface area contributed by atoms with E-state index in [1.165, 1.54) is 0 Å². The number of pyridine rings is 1. The van der Waals surface area contributed by atoms with Gasteiger partial charge in [-0.25, -0.2) is 4.68 Å². The number of nitrogens with zero attached hydrogens (tertiary/aromatic N) is 3. The molecule has 2 aromatic heterocycles. The Morgan fingerprint density at radius 3 is 2.61 bits per heavy atom. The minimum atomic E-state index is 0.00543. The van der Waals surface area contributed by atoms with Gasteiger partial charge in [-0.2, -0.15) is 5.10 Å². The maximum absolute atomic E-state index is 12.3. The third-order valence-electron chi connectivity index (χ3n) is 4.72. The van der Waals surface area contributed by atoms with Gasteiger partial charge in [0, 0.05) is 29.4 Å². The fourth-order valence-corrected chi connectivity index (χ4v) is 3.33. The highest BCUT2D eigenvalue weighted by atomic mass is 16.1. The van der Waals surface area contributed by atoms with Gasteiger partial charge in [-0.3, -0.25) is 9.78 Å². The average molecular weight is 370 g/mol. The monoisotopic (exact) mass is 370 g/mol. The molecule has 0 atom stereocenters. The van der Waals surface area contributed by atoms with Crippen LogP contribution in [0.3, 0.4) is 0 Å². The van der Waals surface area contributed by atoms with Gasteiger partial charge in [0.15, 0.2) is 0 Å². The van der Waals surface area contributed by atoms with Gasteiger partial charge in [0.1, 0.15) is 0 Å². The van der Waals surface area contributed by atoms with Crippen molar-refractivity contribution in [3.8, 4) is 5.69 Å². The molecule has 0 fully saturated rings. The van der Waals surface area contributed by atoms with E-state index in [0.29, 0.717) is 12.8 Å². The lowest BCUT2D eigenvalue weighted by Gasteiger charge is -2.08. The van der Waals surface area contributed by atoms with Crippen molar-refractivity contribution in [1.82, 2.24) is 14.8 Å². The van der Waals surface area contributed by atoms with Crippen LogP contribution in [-0.2, 0) is 11.2 Å². The smallest absolute Gasteiger partial charge is 0.224 e. The largest absolute Gasteiger partial charge is 0.326 e. The van der Waals surface area contributed by atoms with E-state index < -0.39 is 0 Å². The Labute approximate surface area is 164 Å². The fourth-order valence-electron chi connectivity index (χ4n) is 3.33. The van der Waals surface area contributed by atoms with Crippen LogP contribution in [0.5, 0.6) is 0 Å². The summed E-state index contributed by atoms with van der Waals surface area (Å²) in [6.45, 7) is 4.03. The van der Waals surface area contributed by atoms with Crippen LogP contribution in [0.4, 0.5) is 5.69 Å². The van der Waals surface area contributed by atoms with Crippen molar-refractivity contribution in [3.05, 3.63) is 83.8 Å². The van der Waals surface area contributed by atoms with Gasteiger partial charge in [0.2, 0.25) is 5.91 Å². The molecular weight excluding hydrogens is 348 g/mol. The number of aromatic nitrogens is 3. The molecule has 0 bridgehead atoms. The predicted octanol–water partition coefficient (Wildman–Crippen LogP) is 4.61. The van der Waals surface area contributed by atoms with Crippen molar-refractivity contribution >= 4 is 22.5 Å². The Hall–Kier alpha value is -3.47. The van der Waals surface area contributed by atoms with Crippen LogP contribution in [0.1, 0.15) is 23.4 Å². The summed E-state index contributed by atoms with van der Waals surface area (Å²) in [5.74, 6) is 0.00543. The quantitative estimate of drug-likeness (QED) is 0.558. The first-order chi connectivity index (χ1) is 13.6. The summed E-state index contributed by atoms with van der Waals surface area (Å²) < 4.78 is 1.93. The van der Waals surface area contributed by atoms with E-state index in [1.54, 1.807) is 6.20 Å². The molecule has 4 aromatic rings. The fraction of sp³-hybridized carbons (Fsp3) is 0.174. The highest BCUT2D eigenvalue weighted by Crippen LogP contribution is 2.18. The molecule has 2 heterocycles. The molecule has 5 heteroatoms. The molecule has 0 aliphatic rings. The van der Waals surface area contributed by atoms with E-state index in [0.717, 1.165) is 39.2 Å². The van der Waals surface area contributed by atoms with Gasteiger partial charge in [-0.05, 0) is 68.3 Å². The van der Waals surface area contributed by atoms with E-state index >= 15 is 0 Å². The van der Waals surface area contributed by atoms with Crippen molar-refractivity contribution in [2.75, 3.05) is 5.32 Å². The molecule has 2 aromatic carbocycles. The molecule has 0 saturated heterocycles. The Kier molecular flexibility index (Phi) is 4.89. The van der Waals surface area contributed by atoms with Crippen LogP contribution in [0.2, 0.25) is 0 Å². The third kappa shape index (κ3) is 3.93. The van der Waals surface area contributed by atoms with Crippen molar-refractivity contribution in [1.29, 1.82) is 0 Å². The van der Waals surface area contributed by atoms with Crippen molar-refractivity contribution in [3.63, 3.8) is 0 Å². The summed E-state index contributed by atoms with van der Waals surface area (Å²) in [6.07, 6.45) is 2.89. The minimum Gasteiger partial charge on any atom is -0.326 e. The van der Waals surface area contributed by atoms with Gasteiger partial charge in [-0.1, -0.05) is 18.2 Å². The molecule has 1 amide bonds. The second kappa shape index (κ2) is 7.64. The summed E-state index contributed by atoms with van der Waals surface area (Å²) in [6, 6.07) is 19.9. The first-order valence-corrected chi connectivity index (χ1v) is 9.36. The first kappa shape index (κ1) is 17.9. The van der Waals surface area contributed by atoms with Crippen LogP contribution in [0.25, 0.3) is 16.6 Å². The van der Waals surface area contributed by atoms with Crippen molar-refractivity contribution in [2.24, 2.45) is 0 Å². The Morgan fingerprint density at radius 1 is 1.04 bits per heavy atom. The summed E-state index contributed by atoms with van der Waals surface area (Å²) in [4.78, 5) is 16.6. The number of anilines is 1. The van der Waals surface area contributed by atoms with Gasteiger partial charge < -0.3 is 5.32 Å². The zero-order chi connectivity index (χ0) is 19.5. The lowest BCUT2D eigenvalue weighted by molar-refractivity contribution is -0.116. The molecule has 4 rings (SSSR count). The molecule has 1 N–H and O–H groups in total. The molecule has 0 aliphatic carbocycles. The highest BCUT2D eigenvalue weighted by Gasteiger charge is 2.06. The molecule has 28 heavy (non-hydrogen) atoms. The molecule has 140 valence electrons. The zero-order valence-corrected chi connectivity index (χ0v) is 16.0. The Balaban J connectivity index is 1.37. The SMILES string of the molecule is Cc1cc(C)n(-c2ccc(CCC(=O)Nc3ccc4ncccc4c3)cc2)n1. The lowest BCUT2D eigenvalue weighted by Crippen LogP contribution is -2.12. The van der Waals surface area contributed by atoms with Gasteiger partial charge >= 0.3 is 0 Å². The van der Waals surface area contributed by atoms with Crippen LogP contribution < -0.4 is 5.32 Å². The lowest BCUT2D eigenvalue weighted by atomic mass is 10.1. The number of rotatable bonds is 5. The average Bonchev–Trinajstić information content (AvgIpc) is 3.05. The van der Waals surface area contributed by atoms with Crippen LogP contribution in [-0.4, -0.2) is 20.7 Å². The molecular formula is C23H22N4O. The number of carbonyl (C=O) groups excluding carboxylic acids is 1.